The van der Waals surface area contributed by atoms with Gasteiger partial charge >= 0.3 is 0 Å². The molecule has 1 N–H and O–H groups in total. The first-order valence-corrected chi connectivity index (χ1v) is 5.80. The van der Waals surface area contributed by atoms with Gasteiger partial charge in [-0.3, -0.25) is 4.90 Å². The van der Waals surface area contributed by atoms with Crippen molar-refractivity contribution in [1.82, 2.24) is 4.90 Å². The molecule has 1 aromatic rings. The number of benzene rings is 1. The first-order chi connectivity index (χ1) is 7.33. The van der Waals surface area contributed by atoms with Gasteiger partial charge in [-0.1, -0.05) is 24.3 Å². The van der Waals surface area contributed by atoms with E-state index < -0.39 is 0 Å². The lowest BCUT2D eigenvalue weighted by molar-refractivity contribution is 0.0941. The Morgan fingerprint density at radius 1 is 1.20 bits per heavy atom. The number of hydrogen-bond acceptors (Lipinski definition) is 2. The largest absolute Gasteiger partial charge is 0.392 e. The number of hydrogen-bond donors (Lipinski definition) is 1. The second-order valence-electron chi connectivity index (χ2n) is 4.84. The van der Waals surface area contributed by atoms with Gasteiger partial charge in [0.1, 0.15) is 0 Å². The van der Waals surface area contributed by atoms with Crippen molar-refractivity contribution in [2.24, 2.45) is 5.92 Å². The van der Waals surface area contributed by atoms with Gasteiger partial charge in [-0.05, 0) is 29.9 Å². The molecule has 3 rings (SSSR count). The Balaban J connectivity index is 1.63. The van der Waals surface area contributed by atoms with Crippen molar-refractivity contribution in [3.63, 3.8) is 0 Å². The second kappa shape index (κ2) is 3.62. The van der Waals surface area contributed by atoms with E-state index in [0.29, 0.717) is 5.92 Å². The molecule has 1 saturated carbocycles. The van der Waals surface area contributed by atoms with E-state index in [9.17, 15) is 5.11 Å². The zero-order valence-electron chi connectivity index (χ0n) is 8.89. The van der Waals surface area contributed by atoms with Crippen LogP contribution in [-0.2, 0) is 13.1 Å². The van der Waals surface area contributed by atoms with Crippen molar-refractivity contribution in [2.75, 3.05) is 6.54 Å². The molecular weight excluding hydrogens is 186 g/mol. The topological polar surface area (TPSA) is 23.5 Å². The average molecular weight is 203 g/mol. The molecule has 1 aliphatic carbocycles. The van der Waals surface area contributed by atoms with Crippen LogP contribution in [0.5, 0.6) is 0 Å². The number of aliphatic hydroxyl groups is 1. The van der Waals surface area contributed by atoms with E-state index in [-0.39, 0.29) is 6.10 Å². The highest BCUT2D eigenvalue weighted by molar-refractivity contribution is 5.30. The Kier molecular flexibility index (Phi) is 2.26. The predicted molar refractivity (Wildman–Crippen MR) is 59.3 cm³/mol. The van der Waals surface area contributed by atoms with Crippen LogP contribution in [0, 0.1) is 5.92 Å². The fourth-order valence-electron chi connectivity index (χ4n) is 2.43. The van der Waals surface area contributed by atoms with Crippen molar-refractivity contribution in [2.45, 2.75) is 32.0 Å². The van der Waals surface area contributed by atoms with Crippen LogP contribution in [0.25, 0.3) is 0 Å². The standard InChI is InChI=1S/C13H17NO/c15-13(10-5-6-10)9-14-7-11-3-1-2-4-12(11)8-14/h1-4,10,13,15H,5-9H2. The summed E-state index contributed by atoms with van der Waals surface area (Å²) in [4.78, 5) is 2.35. The molecule has 15 heavy (non-hydrogen) atoms. The molecule has 0 aromatic heterocycles. The molecule has 0 spiro atoms. The van der Waals surface area contributed by atoms with Gasteiger partial charge < -0.3 is 5.11 Å². The maximum atomic E-state index is 9.89. The Hall–Kier alpha value is -0.860. The molecule has 0 radical (unpaired) electrons. The van der Waals surface area contributed by atoms with Crippen molar-refractivity contribution < 1.29 is 5.11 Å². The van der Waals surface area contributed by atoms with E-state index in [4.69, 9.17) is 0 Å². The predicted octanol–water partition coefficient (Wildman–Crippen LogP) is 1.77. The van der Waals surface area contributed by atoms with E-state index in [1.54, 1.807) is 0 Å². The van der Waals surface area contributed by atoms with Gasteiger partial charge in [0.15, 0.2) is 0 Å². The molecule has 1 unspecified atom stereocenters. The monoisotopic (exact) mass is 203 g/mol. The lowest BCUT2D eigenvalue weighted by Crippen LogP contribution is -2.29. The number of rotatable bonds is 3. The smallest absolute Gasteiger partial charge is 0.0695 e. The van der Waals surface area contributed by atoms with Crippen molar-refractivity contribution in [1.29, 1.82) is 0 Å². The van der Waals surface area contributed by atoms with Crippen LogP contribution in [-0.4, -0.2) is 22.7 Å². The van der Waals surface area contributed by atoms with Crippen LogP contribution < -0.4 is 0 Å². The van der Waals surface area contributed by atoms with E-state index in [2.05, 4.69) is 29.2 Å². The number of aliphatic hydroxyl groups excluding tert-OH is 1. The fraction of sp³-hybridized carbons (Fsp3) is 0.538. The zero-order valence-corrected chi connectivity index (χ0v) is 8.89. The van der Waals surface area contributed by atoms with Gasteiger partial charge in [0.25, 0.3) is 0 Å². The summed E-state index contributed by atoms with van der Waals surface area (Å²) in [5.41, 5.74) is 2.86. The summed E-state index contributed by atoms with van der Waals surface area (Å²) in [6, 6.07) is 8.58. The number of β-amino-alcohol motifs (C(OH)–C–C–N with tert-alkyl or cyclic N) is 1. The number of fused-ring (bicyclic) bond motifs is 1. The molecule has 0 saturated heterocycles. The summed E-state index contributed by atoms with van der Waals surface area (Å²) < 4.78 is 0. The lowest BCUT2D eigenvalue weighted by Gasteiger charge is -2.18. The van der Waals surface area contributed by atoms with Crippen LogP contribution in [0.1, 0.15) is 24.0 Å². The minimum Gasteiger partial charge on any atom is -0.392 e. The highest BCUT2D eigenvalue weighted by Gasteiger charge is 2.32. The van der Waals surface area contributed by atoms with Gasteiger partial charge in [-0.15, -0.1) is 0 Å². The summed E-state index contributed by atoms with van der Waals surface area (Å²) in [6.07, 6.45) is 2.35. The second-order valence-corrected chi connectivity index (χ2v) is 4.84. The summed E-state index contributed by atoms with van der Waals surface area (Å²) >= 11 is 0. The van der Waals surface area contributed by atoms with E-state index in [0.717, 1.165) is 19.6 Å². The Morgan fingerprint density at radius 2 is 1.80 bits per heavy atom. The van der Waals surface area contributed by atoms with Crippen molar-refractivity contribution >= 4 is 0 Å². The molecule has 1 atom stereocenters. The third kappa shape index (κ3) is 1.92. The molecule has 2 aliphatic rings. The van der Waals surface area contributed by atoms with Crippen LogP contribution in [0.4, 0.5) is 0 Å². The molecule has 0 bridgehead atoms. The van der Waals surface area contributed by atoms with Gasteiger partial charge in [0.05, 0.1) is 6.10 Å². The molecule has 0 amide bonds. The van der Waals surface area contributed by atoms with E-state index in [1.807, 2.05) is 0 Å². The number of nitrogens with zero attached hydrogens (tertiary/aromatic N) is 1. The summed E-state index contributed by atoms with van der Waals surface area (Å²) in [7, 11) is 0. The minimum atomic E-state index is -0.0979. The maximum absolute atomic E-state index is 9.89. The van der Waals surface area contributed by atoms with Gasteiger partial charge in [-0.25, -0.2) is 0 Å². The SMILES string of the molecule is OC(CN1Cc2ccccc2C1)C1CC1. The first-order valence-electron chi connectivity index (χ1n) is 5.80. The van der Waals surface area contributed by atoms with Gasteiger partial charge in [0.2, 0.25) is 0 Å². The van der Waals surface area contributed by atoms with Gasteiger partial charge in [-0.2, -0.15) is 0 Å². The summed E-state index contributed by atoms with van der Waals surface area (Å²) in [5, 5.41) is 9.89. The Morgan fingerprint density at radius 3 is 2.33 bits per heavy atom. The van der Waals surface area contributed by atoms with E-state index >= 15 is 0 Å². The molecule has 1 aliphatic heterocycles. The molecule has 1 fully saturated rings. The van der Waals surface area contributed by atoms with Gasteiger partial charge in [0, 0.05) is 19.6 Å². The summed E-state index contributed by atoms with van der Waals surface area (Å²) in [6.45, 7) is 2.87. The Bertz CT molecular complexity index is 334. The molecule has 1 heterocycles. The summed E-state index contributed by atoms with van der Waals surface area (Å²) in [5.74, 6) is 0.591. The highest BCUT2D eigenvalue weighted by atomic mass is 16.3. The van der Waals surface area contributed by atoms with Crippen LogP contribution in [0.2, 0.25) is 0 Å². The van der Waals surface area contributed by atoms with Crippen molar-refractivity contribution in [3.05, 3.63) is 35.4 Å². The Labute approximate surface area is 90.5 Å². The lowest BCUT2D eigenvalue weighted by atomic mass is 10.1. The van der Waals surface area contributed by atoms with Crippen LogP contribution in [0.3, 0.4) is 0 Å². The third-order valence-corrected chi connectivity index (χ3v) is 3.52. The van der Waals surface area contributed by atoms with Crippen molar-refractivity contribution in [3.8, 4) is 0 Å². The quantitative estimate of drug-likeness (QED) is 0.809. The average Bonchev–Trinajstić information content (AvgIpc) is 2.99. The first kappa shape index (κ1) is 9.37. The molecule has 80 valence electrons. The van der Waals surface area contributed by atoms with Crippen LogP contribution >= 0.6 is 0 Å². The molecule has 1 aromatic carbocycles. The zero-order chi connectivity index (χ0) is 10.3. The minimum absolute atomic E-state index is 0.0979. The molecule has 2 nitrogen and oxygen atoms in total. The maximum Gasteiger partial charge on any atom is 0.0695 e. The van der Waals surface area contributed by atoms with E-state index in [1.165, 1.54) is 24.0 Å². The van der Waals surface area contributed by atoms with Crippen LogP contribution in [0.15, 0.2) is 24.3 Å². The molecule has 2 heteroatoms. The fourth-order valence-corrected chi connectivity index (χ4v) is 2.43. The normalized spacial score (nSPS) is 22.7. The third-order valence-electron chi connectivity index (χ3n) is 3.52. The molecular formula is C13H17NO. The highest BCUT2D eigenvalue weighted by Crippen LogP contribution is 2.34.